The third kappa shape index (κ3) is 3.14. The smallest absolute Gasteiger partial charge is 0.330 e. The van der Waals surface area contributed by atoms with Gasteiger partial charge in [-0.25, -0.2) is 4.79 Å². The maximum atomic E-state index is 11.3. The van der Waals surface area contributed by atoms with E-state index >= 15 is 0 Å². The van der Waals surface area contributed by atoms with Crippen LogP contribution in [0.3, 0.4) is 0 Å². The first kappa shape index (κ1) is 14.3. The second-order valence-corrected chi connectivity index (χ2v) is 5.13. The molecule has 0 aliphatic heterocycles. The molecular weight excluding hydrogens is 250 g/mol. The van der Waals surface area contributed by atoms with Crippen molar-refractivity contribution in [3.8, 4) is 0 Å². The lowest BCUT2D eigenvalue weighted by atomic mass is 9.96. The molecule has 0 bridgehead atoms. The summed E-state index contributed by atoms with van der Waals surface area (Å²) in [5.74, 6) is -0.758. The first-order valence-electron chi connectivity index (χ1n) is 3.93. The van der Waals surface area contributed by atoms with Gasteiger partial charge in [-0.3, -0.25) is 0 Å². The Morgan fingerprint density at radius 3 is 2.21 bits per heavy atom. The highest BCUT2D eigenvalue weighted by Crippen LogP contribution is 2.39. The second kappa shape index (κ2) is 5.37. The van der Waals surface area contributed by atoms with Crippen LogP contribution >= 0.6 is 34.8 Å². The first-order valence-corrected chi connectivity index (χ1v) is 5.07. The van der Waals surface area contributed by atoms with Gasteiger partial charge in [-0.05, 0) is 19.4 Å². The molecule has 0 fully saturated rings. The standard InChI is InChI=1S/C7H13Cl3N2O2/c1-14-5(13)6(12,3-2-4-11)7(8,9)10/h2-4,11-12H2,1H3. The van der Waals surface area contributed by atoms with E-state index < -0.39 is 15.3 Å². The summed E-state index contributed by atoms with van der Waals surface area (Å²) in [7, 11) is 1.18. The minimum absolute atomic E-state index is 0.159. The van der Waals surface area contributed by atoms with E-state index in [-0.39, 0.29) is 6.42 Å². The molecule has 0 saturated carbocycles. The summed E-state index contributed by atoms with van der Waals surface area (Å²) in [6.07, 6.45) is 0.631. The van der Waals surface area contributed by atoms with Crippen molar-refractivity contribution >= 4 is 40.8 Å². The predicted molar refractivity (Wildman–Crippen MR) is 57.5 cm³/mol. The lowest BCUT2D eigenvalue weighted by Gasteiger charge is -2.32. The fourth-order valence-electron chi connectivity index (χ4n) is 0.923. The van der Waals surface area contributed by atoms with Gasteiger partial charge in [-0.2, -0.15) is 0 Å². The lowest BCUT2D eigenvalue weighted by molar-refractivity contribution is -0.147. The van der Waals surface area contributed by atoms with Gasteiger partial charge in [0, 0.05) is 0 Å². The third-order valence-electron chi connectivity index (χ3n) is 1.83. The van der Waals surface area contributed by atoms with E-state index in [9.17, 15) is 4.79 Å². The minimum atomic E-state index is -1.91. The number of ether oxygens (including phenoxy) is 1. The number of methoxy groups -OCH3 is 1. The van der Waals surface area contributed by atoms with Crippen LogP contribution in [-0.4, -0.2) is 29.0 Å². The van der Waals surface area contributed by atoms with E-state index in [1.165, 1.54) is 7.11 Å². The molecule has 0 aromatic heterocycles. The minimum Gasteiger partial charge on any atom is -0.468 e. The van der Waals surface area contributed by atoms with Gasteiger partial charge in [0.05, 0.1) is 7.11 Å². The number of carbonyl (C=O) groups is 1. The van der Waals surface area contributed by atoms with E-state index in [1.54, 1.807) is 0 Å². The molecule has 0 amide bonds. The summed E-state index contributed by atoms with van der Waals surface area (Å²) in [6, 6.07) is 0. The highest BCUT2D eigenvalue weighted by Gasteiger charge is 2.51. The largest absolute Gasteiger partial charge is 0.468 e. The van der Waals surface area contributed by atoms with Crippen molar-refractivity contribution in [2.75, 3.05) is 13.7 Å². The van der Waals surface area contributed by atoms with Crippen LogP contribution in [0, 0.1) is 0 Å². The first-order chi connectivity index (χ1) is 6.29. The van der Waals surface area contributed by atoms with Crippen LogP contribution in [0.4, 0.5) is 0 Å². The van der Waals surface area contributed by atoms with Crippen molar-refractivity contribution in [2.24, 2.45) is 11.5 Å². The van der Waals surface area contributed by atoms with Gasteiger partial charge in [0.1, 0.15) is 0 Å². The quantitative estimate of drug-likeness (QED) is 0.585. The molecule has 4 nitrogen and oxygen atoms in total. The van der Waals surface area contributed by atoms with Crippen molar-refractivity contribution in [3.05, 3.63) is 0 Å². The molecule has 0 spiro atoms. The zero-order valence-electron chi connectivity index (χ0n) is 7.73. The average Bonchev–Trinajstić information content (AvgIpc) is 2.10. The molecular formula is C7H13Cl3N2O2. The van der Waals surface area contributed by atoms with Crippen LogP contribution in [-0.2, 0) is 9.53 Å². The van der Waals surface area contributed by atoms with Crippen LogP contribution in [0.15, 0.2) is 0 Å². The Bertz CT molecular complexity index is 208. The van der Waals surface area contributed by atoms with E-state index in [2.05, 4.69) is 4.74 Å². The Balaban J connectivity index is 4.76. The second-order valence-electron chi connectivity index (χ2n) is 2.85. The van der Waals surface area contributed by atoms with Crippen LogP contribution in [0.5, 0.6) is 0 Å². The van der Waals surface area contributed by atoms with Crippen LogP contribution in [0.1, 0.15) is 12.8 Å². The molecule has 0 heterocycles. The van der Waals surface area contributed by atoms with Crippen LogP contribution < -0.4 is 11.5 Å². The Hall–Kier alpha value is 0.260. The Labute approximate surface area is 97.8 Å². The molecule has 0 aliphatic rings. The summed E-state index contributed by atoms with van der Waals surface area (Å²) in [4.78, 5) is 11.3. The van der Waals surface area contributed by atoms with Crippen molar-refractivity contribution in [1.29, 1.82) is 0 Å². The molecule has 0 radical (unpaired) electrons. The SMILES string of the molecule is COC(=O)C(N)(CCCN)C(Cl)(Cl)Cl. The molecule has 0 saturated heterocycles. The van der Waals surface area contributed by atoms with E-state index in [1.807, 2.05) is 0 Å². The molecule has 1 unspecified atom stereocenters. The van der Waals surface area contributed by atoms with Gasteiger partial charge >= 0.3 is 5.97 Å². The van der Waals surface area contributed by atoms with Crippen LogP contribution in [0.2, 0.25) is 0 Å². The normalized spacial score (nSPS) is 16.1. The van der Waals surface area contributed by atoms with Gasteiger partial charge in [-0.1, -0.05) is 34.8 Å². The van der Waals surface area contributed by atoms with Gasteiger partial charge < -0.3 is 16.2 Å². The van der Waals surface area contributed by atoms with E-state index in [0.29, 0.717) is 13.0 Å². The molecule has 84 valence electrons. The number of esters is 1. The fourth-order valence-corrected chi connectivity index (χ4v) is 1.44. The Morgan fingerprint density at radius 2 is 1.93 bits per heavy atom. The number of hydrogen-bond acceptors (Lipinski definition) is 4. The summed E-state index contributed by atoms with van der Waals surface area (Å²) in [6.45, 7) is 0.358. The number of hydrogen-bond donors (Lipinski definition) is 2. The predicted octanol–water partition coefficient (Wildman–Crippen LogP) is 0.966. The van der Waals surface area contributed by atoms with Crippen molar-refractivity contribution < 1.29 is 9.53 Å². The number of carbonyl (C=O) groups excluding carboxylic acids is 1. The molecule has 7 heteroatoms. The number of halogens is 3. The molecule has 14 heavy (non-hydrogen) atoms. The monoisotopic (exact) mass is 262 g/mol. The summed E-state index contributed by atoms with van der Waals surface area (Å²) in [5, 5.41) is 0. The third-order valence-corrected chi connectivity index (χ3v) is 2.84. The highest BCUT2D eigenvalue weighted by molar-refractivity contribution is 6.69. The van der Waals surface area contributed by atoms with Crippen LogP contribution in [0.25, 0.3) is 0 Å². The lowest BCUT2D eigenvalue weighted by Crippen LogP contribution is -2.58. The van der Waals surface area contributed by atoms with E-state index in [0.717, 1.165) is 0 Å². The average molecular weight is 264 g/mol. The van der Waals surface area contributed by atoms with E-state index in [4.69, 9.17) is 46.3 Å². The molecule has 0 rings (SSSR count). The van der Waals surface area contributed by atoms with Crippen molar-refractivity contribution in [2.45, 2.75) is 22.2 Å². The highest BCUT2D eigenvalue weighted by atomic mass is 35.6. The maximum absolute atomic E-state index is 11.3. The van der Waals surface area contributed by atoms with Gasteiger partial charge in [0.25, 0.3) is 0 Å². The van der Waals surface area contributed by atoms with Gasteiger partial charge in [-0.15, -0.1) is 0 Å². The zero-order chi connectivity index (χ0) is 11.4. The molecule has 4 N–H and O–H groups in total. The Morgan fingerprint density at radius 1 is 1.43 bits per heavy atom. The molecule has 0 aliphatic carbocycles. The molecule has 0 aromatic carbocycles. The maximum Gasteiger partial charge on any atom is 0.330 e. The number of nitrogens with two attached hydrogens (primary N) is 2. The van der Waals surface area contributed by atoms with Crippen molar-refractivity contribution in [3.63, 3.8) is 0 Å². The fraction of sp³-hybridized carbons (Fsp3) is 0.857. The number of alkyl halides is 3. The molecule has 1 atom stereocenters. The zero-order valence-corrected chi connectivity index (χ0v) is 9.99. The van der Waals surface area contributed by atoms with Crippen molar-refractivity contribution in [1.82, 2.24) is 0 Å². The summed E-state index contributed by atoms with van der Waals surface area (Å²) >= 11 is 16.8. The van der Waals surface area contributed by atoms with Gasteiger partial charge in [0.15, 0.2) is 5.54 Å². The topological polar surface area (TPSA) is 78.3 Å². The Kier molecular flexibility index (Phi) is 5.47. The summed E-state index contributed by atoms with van der Waals surface area (Å²) in [5.41, 5.74) is 9.33. The number of rotatable bonds is 4. The summed E-state index contributed by atoms with van der Waals surface area (Å²) < 4.78 is 2.57. The molecule has 0 aromatic rings. The van der Waals surface area contributed by atoms with Gasteiger partial charge in [0.2, 0.25) is 3.79 Å².